The van der Waals surface area contributed by atoms with Gasteiger partial charge in [-0.15, -0.1) is 0 Å². The Morgan fingerprint density at radius 3 is 2.70 bits per heavy atom. The molecule has 3 aromatic rings. The largest absolute Gasteiger partial charge is 0.385 e. The van der Waals surface area contributed by atoms with E-state index in [2.05, 4.69) is 20.7 Å². The lowest BCUT2D eigenvalue weighted by molar-refractivity contribution is 0.0950. The number of nitrogens with zero attached hydrogens (tertiary/aromatic N) is 2. The van der Waals surface area contributed by atoms with Crippen molar-refractivity contribution >= 4 is 28.8 Å². The fourth-order valence-corrected chi connectivity index (χ4v) is 3.29. The van der Waals surface area contributed by atoms with Gasteiger partial charge in [-0.05, 0) is 57.0 Å². The second-order valence-electron chi connectivity index (χ2n) is 6.45. The molecule has 7 nitrogen and oxygen atoms in total. The standard InChI is InChI=1S/C19H22ClN5O2/c1-5-21-16-8-13(20)7-14(11(16)3)18(26)22-9-15-10(2)6-17-23-12(4)24-25(17)19(15)27/h6-8,21H,5,9H2,1-4H3,(H,22,26)(H,23,24). The Balaban J connectivity index is 1.88. The van der Waals surface area contributed by atoms with E-state index in [-0.39, 0.29) is 18.0 Å². The number of amides is 1. The first kappa shape index (κ1) is 19.0. The van der Waals surface area contributed by atoms with Crippen LogP contribution in [0.5, 0.6) is 0 Å². The minimum atomic E-state index is -0.279. The van der Waals surface area contributed by atoms with Gasteiger partial charge >= 0.3 is 0 Å². The molecule has 2 heterocycles. The van der Waals surface area contributed by atoms with Crippen molar-refractivity contribution in [3.05, 3.63) is 61.7 Å². The Morgan fingerprint density at radius 1 is 1.26 bits per heavy atom. The average molecular weight is 388 g/mol. The molecule has 0 saturated heterocycles. The van der Waals surface area contributed by atoms with E-state index in [0.29, 0.717) is 27.6 Å². The number of fused-ring (bicyclic) bond motifs is 1. The van der Waals surface area contributed by atoms with Crippen molar-refractivity contribution in [3.8, 4) is 0 Å². The summed E-state index contributed by atoms with van der Waals surface area (Å²) in [5, 5.41) is 9.42. The fraction of sp³-hybridized carbons (Fsp3) is 0.316. The van der Waals surface area contributed by atoms with Gasteiger partial charge in [0, 0.05) is 34.9 Å². The summed E-state index contributed by atoms with van der Waals surface area (Å²) in [5.41, 5.74) is 3.74. The number of rotatable bonds is 5. The van der Waals surface area contributed by atoms with E-state index >= 15 is 0 Å². The van der Waals surface area contributed by atoms with Crippen LogP contribution in [0.1, 0.15) is 39.8 Å². The molecule has 3 N–H and O–H groups in total. The zero-order valence-electron chi connectivity index (χ0n) is 15.7. The molecule has 2 aromatic heterocycles. The molecule has 0 unspecified atom stereocenters. The number of halogens is 1. The topological polar surface area (TPSA) is 91.3 Å². The third kappa shape index (κ3) is 3.68. The molecule has 27 heavy (non-hydrogen) atoms. The highest BCUT2D eigenvalue weighted by molar-refractivity contribution is 6.31. The minimum absolute atomic E-state index is 0.118. The molecule has 0 radical (unpaired) electrons. The zero-order valence-corrected chi connectivity index (χ0v) is 16.5. The van der Waals surface area contributed by atoms with Gasteiger partial charge in [-0.1, -0.05) is 11.6 Å². The summed E-state index contributed by atoms with van der Waals surface area (Å²) in [6.45, 7) is 8.30. The summed E-state index contributed by atoms with van der Waals surface area (Å²) >= 11 is 6.15. The quantitative estimate of drug-likeness (QED) is 0.627. The van der Waals surface area contributed by atoms with Crippen LogP contribution in [0, 0.1) is 20.8 Å². The zero-order chi connectivity index (χ0) is 19.7. The fourth-order valence-electron chi connectivity index (χ4n) is 3.07. The van der Waals surface area contributed by atoms with E-state index in [4.69, 9.17) is 11.6 Å². The van der Waals surface area contributed by atoms with Gasteiger partial charge < -0.3 is 10.6 Å². The maximum atomic E-state index is 12.7. The van der Waals surface area contributed by atoms with Gasteiger partial charge in [0.25, 0.3) is 11.5 Å². The van der Waals surface area contributed by atoms with Crippen LogP contribution in [0.15, 0.2) is 23.0 Å². The van der Waals surface area contributed by atoms with E-state index in [1.165, 1.54) is 4.52 Å². The van der Waals surface area contributed by atoms with Gasteiger partial charge in [-0.3, -0.25) is 14.7 Å². The molecule has 0 saturated carbocycles. The number of H-pyrrole nitrogens is 1. The van der Waals surface area contributed by atoms with Crippen molar-refractivity contribution < 1.29 is 4.79 Å². The number of benzene rings is 1. The van der Waals surface area contributed by atoms with Gasteiger partial charge in [-0.25, -0.2) is 4.98 Å². The molecule has 1 amide bonds. The SMILES string of the molecule is CCNc1cc(Cl)cc(C(=O)NCc2c(C)cc3nc(C)[nH]n3c2=O)c1C. The molecule has 142 valence electrons. The first-order chi connectivity index (χ1) is 12.8. The summed E-state index contributed by atoms with van der Waals surface area (Å²) in [6, 6.07) is 5.25. The number of aromatic amines is 1. The molecule has 0 fully saturated rings. The molecule has 0 atom stereocenters. The molecule has 0 aliphatic carbocycles. The van der Waals surface area contributed by atoms with Crippen molar-refractivity contribution in [3.63, 3.8) is 0 Å². The van der Waals surface area contributed by atoms with Gasteiger partial charge in [-0.2, -0.15) is 4.52 Å². The Labute approximate surface area is 161 Å². The molecule has 0 aliphatic heterocycles. The molecule has 3 rings (SSSR count). The number of anilines is 1. The van der Waals surface area contributed by atoms with Crippen molar-refractivity contribution in [2.75, 3.05) is 11.9 Å². The third-order valence-electron chi connectivity index (χ3n) is 4.48. The highest BCUT2D eigenvalue weighted by Gasteiger charge is 2.16. The number of pyridine rings is 1. The van der Waals surface area contributed by atoms with Gasteiger partial charge in [0.1, 0.15) is 5.82 Å². The number of aryl methyl sites for hydroxylation is 2. The molecule has 1 aromatic carbocycles. The van der Waals surface area contributed by atoms with Gasteiger partial charge in [0.05, 0.1) is 0 Å². The lowest BCUT2D eigenvalue weighted by atomic mass is 10.1. The lowest BCUT2D eigenvalue weighted by Gasteiger charge is -2.14. The Bertz CT molecular complexity index is 1080. The molecule has 0 spiro atoms. The molecule has 0 aliphatic rings. The van der Waals surface area contributed by atoms with E-state index in [1.807, 2.05) is 26.8 Å². The molecule has 8 heteroatoms. The van der Waals surface area contributed by atoms with E-state index in [0.717, 1.165) is 23.4 Å². The maximum absolute atomic E-state index is 12.7. The van der Waals surface area contributed by atoms with E-state index < -0.39 is 0 Å². The predicted molar refractivity (Wildman–Crippen MR) is 107 cm³/mol. The van der Waals surface area contributed by atoms with Crippen LogP contribution < -0.4 is 16.2 Å². The second kappa shape index (κ2) is 7.44. The number of aromatic nitrogens is 3. The first-order valence-corrected chi connectivity index (χ1v) is 9.09. The van der Waals surface area contributed by atoms with Crippen molar-refractivity contribution in [1.29, 1.82) is 0 Å². The van der Waals surface area contributed by atoms with Crippen LogP contribution in [0.25, 0.3) is 5.65 Å². The van der Waals surface area contributed by atoms with Crippen molar-refractivity contribution in [2.45, 2.75) is 34.2 Å². The molecular weight excluding hydrogens is 366 g/mol. The van der Waals surface area contributed by atoms with E-state index in [1.54, 1.807) is 19.1 Å². The average Bonchev–Trinajstić information content (AvgIpc) is 2.98. The van der Waals surface area contributed by atoms with Crippen LogP contribution >= 0.6 is 11.6 Å². The number of hydrogen-bond acceptors (Lipinski definition) is 4. The number of carbonyl (C=O) groups excluding carboxylic acids is 1. The van der Waals surface area contributed by atoms with Crippen LogP contribution in [-0.2, 0) is 6.54 Å². The minimum Gasteiger partial charge on any atom is -0.385 e. The van der Waals surface area contributed by atoms with Gasteiger partial charge in [0.15, 0.2) is 5.65 Å². The summed E-state index contributed by atoms with van der Waals surface area (Å²) < 4.78 is 1.39. The van der Waals surface area contributed by atoms with Gasteiger partial charge in [0.2, 0.25) is 0 Å². The first-order valence-electron chi connectivity index (χ1n) is 8.72. The number of hydrogen-bond donors (Lipinski definition) is 3. The monoisotopic (exact) mass is 387 g/mol. The Morgan fingerprint density at radius 2 is 2.00 bits per heavy atom. The summed E-state index contributed by atoms with van der Waals surface area (Å²) in [4.78, 5) is 29.7. The predicted octanol–water partition coefficient (Wildman–Crippen LogP) is 2.96. The van der Waals surface area contributed by atoms with Crippen LogP contribution in [0.2, 0.25) is 5.02 Å². The Kier molecular flexibility index (Phi) is 5.23. The number of nitrogens with one attached hydrogen (secondary N) is 3. The second-order valence-corrected chi connectivity index (χ2v) is 6.89. The highest BCUT2D eigenvalue weighted by atomic mass is 35.5. The summed E-state index contributed by atoms with van der Waals surface area (Å²) in [6.07, 6.45) is 0. The number of carbonyl (C=O) groups is 1. The summed E-state index contributed by atoms with van der Waals surface area (Å²) in [7, 11) is 0. The summed E-state index contributed by atoms with van der Waals surface area (Å²) in [5.74, 6) is 0.372. The van der Waals surface area contributed by atoms with Crippen LogP contribution in [0.4, 0.5) is 5.69 Å². The van der Waals surface area contributed by atoms with Crippen molar-refractivity contribution in [1.82, 2.24) is 19.9 Å². The van der Waals surface area contributed by atoms with Crippen LogP contribution in [-0.4, -0.2) is 27.0 Å². The highest BCUT2D eigenvalue weighted by Crippen LogP contribution is 2.25. The smallest absolute Gasteiger partial charge is 0.276 e. The molecular formula is C19H22ClN5O2. The normalized spacial score (nSPS) is 11.0. The van der Waals surface area contributed by atoms with E-state index in [9.17, 15) is 9.59 Å². The molecule has 0 bridgehead atoms. The third-order valence-corrected chi connectivity index (χ3v) is 4.70. The maximum Gasteiger partial charge on any atom is 0.276 e. The van der Waals surface area contributed by atoms with Crippen molar-refractivity contribution in [2.24, 2.45) is 0 Å². The Hall–Kier alpha value is -2.80. The lowest BCUT2D eigenvalue weighted by Crippen LogP contribution is -2.29. The van der Waals surface area contributed by atoms with Crippen LogP contribution in [0.3, 0.4) is 0 Å².